The van der Waals surface area contributed by atoms with E-state index in [1.807, 2.05) is 16.8 Å². The maximum atomic E-state index is 11.8. The van der Waals surface area contributed by atoms with Gasteiger partial charge in [0.15, 0.2) is 0 Å². The number of nitrogens with one attached hydrogen (secondary N) is 2. The predicted octanol–water partition coefficient (Wildman–Crippen LogP) is 1.97. The minimum absolute atomic E-state index is 0.0348. The third kappa shape index (κ3) is 1.86. The predicted molar refractivity (Wildman–Crippen MR) is 73.0 cm³/mol. The normalized spacial score (nSPS) is 10.7. The van der Waals surface area contributed by atoms with Gasteiger partial charge in [-0.05, 0) is 22.4 Å². The first-order chi connectivity index (χ1) is 9.19. The monoisotopic (exact) mass is 273 g/mol. The number of fused-ring (bicyclic) bond motifs is 1. The molecule has 0 aliphatic rings. The maximum Gasteiger partial charge on any atom is 0.428 e. The summed E-state index contributed by atoms with van der Waals surface area (Å²) in [6.45, 7) is 0. The Morgan fingerprint density at radius 1 is 1.47 bits per heavy atom. The number of anilines is 1. The van der Waals surface area contributed by atoms with Crippen molar-refractivity contribution >= 4 is 34.1 Å². The van der Waals surface area contributed by atoms with Gasteiger partial charge in [0.25, 0.3) is 5.56 Å². The zero-order valence-electron chi connectivity index (χ0n) is 9.67. The van der Waals surface area contributed by atoms with Crippen LogP contribution in [0.25, 0.3) is 16.0 Å². The van der Waals surface area contributed by atoms with E-state index in [0.29, 0.717) is 17.5 Å². The fraction of sp³-hybridized carbons (Fsp3) is 0.0909. The Morgan fingerprint density at radius 2 is 2.32 bits per heavy atom. The Bertz CT molecular complexity index is 839. The summed E-state index contributed by atoms with van der Waals surface area (Å²) >= 11 is 1.57. The third-order valence-corrected chi connectivity index (χ3v) is 3.55. The van der Waals surface area contributed by atoms with Gasteiger partial charge in [0.05, 0.1) is 11.0 Å². The molecule has 0 amide bonds. The van der Waals surface area contributed by atoms with Crippen LogP contribution in [-0.4, -0.2) is 15.0 Å². The third-order valence-electron chi connectivity index (χ3n) is 2.81. The van der Waals surface area contributed by atoms with Crippen molar-refractivity contribution in [2.45, 2.75) is 6.42 Å². The van der Waals surface area contributed by atoms with Crippen LogP contribution in [0.2, 0.25) is 0 Å². The molecule has 3 aromatic heterocycles. The highest BCUT2D eigenvalue weighted by atomic mass is 32.1. The molecule has 0 aliphatic heterocycles. The number of nitrogen functional groups attached to an aromatic ring is 1. The van der Waals surface area contributed by atoms with Gasteiger partial charge in [-0.25, -0.2) is 9.97 Å². The lowest BCUT2D eigenvalue weighted by Crippen LogP contribution is -2.11. The number of nitrogens with two attached hydrogens (primary N) is 1. The average molecular weight is 273 g/mol. The van der Waals surface area contributed by atoms with E-state index in [-0.39, 0.29) is 22.8 Å². The molecule has 19 heavy (non-hydrogen) atoms. The van der Waals surface area contributed by atoms with Crippen LogP contribution in [0.4, 0.5) is 11.8 Å². The van der Waals surface area contributed by atoms with Crippen LogP contribution in [0, 0.1) is 5.39 Å². The summed E-state index contributed by atoms with van der Waals surface area (Å²) in [5.41, 5.74) is 7.55. The van der Waals surface area contributed by atoms with Gasteiger partial charge in [0.1, 0.15) is 5.52 Å². The van der Waals surface area contributed by atoms with Gasteiger partial charge in [-0.3, -0.25) is 9.78 Å². The molecule has 0 fully saturated rings. The smallest absolute Gasteiger partial charge is 0.369 e. The van der Waals surface area contributed by atoms with E-state index in [2.05, 4.69) is 19.9 Å². The Labute approximate surface area is 110 Å². The standard InChI is InChI=1S/C11H8N6OS/c12-11-15-7-6(3-5-1-2-19-4-5)9(17-13)14-8(7)10(18)16-11/h1-2,4,13H,3H2,(H2,12,16,18)/p+1. The van der Waals surface area contributed by atoms with Crippen LogP contribution >= 0.6 is 11.3 Å². The summed E-state index contributed by atoms with van der Waals surface area (Å²) in [5.74, 6) is 0.261. The zero-order valence-corrected chi connectivity index (χ0v) is 10.5. The highest BCUT2D eigenvalue weighted by Gasteiger charge is 2.24. The zero-order chi connectivity index (χ0) is 13.4. The number of hydrogen-bond acceptors (Lipinski definition) is 5. The molecule has 0 bridgehead atoms. The lowest BCUT2D eigenvalue weighted by atomic mass is 10.1. The first-order valence-corrected chi connectivity index (χ1v) is 6.40. The summed E-state index contributed by atoms with van der Waals surface area (Å²) in [4.78, 5) is 24.2. The first-order valence-electron chi connectivity index (χ1n) is 5.45. The molecule has 0 saturated heterocycles. The quantitative estimate of drug-likeness (QED) is 0.619. The molecule has 3 rings (SSSR count). The van der Waals surface area contributed by atoms with E-state index in [1.54, 1.807) is 11.3 Å². The Kier molecular flexibility index (Phi) is 2.54. The molecule has 7 nitrogen and oxygen atoms in total. The van der Waals surface area contributed by atoms with Gasteiger partial charge in [-0.15, -0.1) is 0 Å². The molecular weight excluding hydrogens is 264 g/mol. The molecule has 0 aliphatic carbocycles. The molecule has 0 aromatic carbocycles. The summed E-state index contributed by atoms with van der Waals surface area (Å²) < 4.78 is 0. The second kappa shape index (κ2) is 4.22. The van der Waals surface area contributed by atoms with Gasteiger partial charge in [0, 0.05) is 11.4 Å². The molecule has 0 radical (unpaired) electrons. The van der Waals surface area contributed by atoms with Crippen molar-refractivity contribution in [1.29, 1.82) is 5.39 Å². The molecule has 0 spiro atoms. The van der Waals surface area contributed by atoms with Gasteiger partial charge in [-0.1, -0.05) is 0 Å². The number of rotatable bonds is 2. The second-order valence-corrected chi connectivity index (χ2v) is 4.82. The first kappa shape index (κ1) is 11.4. The number of nitrogens with zero attached hydrogens (tertiary/aromatic N) is 3. The minimum atomic E-state index is -0.385. The van der Waals surface area contributed by atoms with Crippen molar-refractivity contribution in [1.82, 2.24) is 15.0 Å². The number of diazo groups is 1. The Hall–Kier alpha value is -2.66. The van der Waals surface area contributed by atoms with Crippen molar-refractivity contribution in [2.24, 2.45) is 0 Å². The fourth-order valence-electron chi connectivity index (χ4n) is 1.98. The van der Waals surface area contributed by atoms with Crippen LogP contribution in [0.5, 0.6) is 0 Å². The van der Waals surface area contributed by atoms with Crippen LogP contribution < -0.4 is 11.3 Å². The van der Waals surface area contributed by atoms with Crippen molar-refractivity contribution in [3.05, 3.63) is 43.3 Å². The maximum absolute atomic E-state index is 11.8. The lowest BCUT2D eigenvalue weighted by molar-refractivity contribution is 1.17. The van der Waals surface area contributed by atoms with Crippen molar-refractivity contribution in [3.8, 4) is 0 Å². The van der Waals surface area contributed by atoms with Crippen LogP contribution in [0.3, 0.4) is 0 Å². The van der Waals surface area contributed by atoms with E-state index in [9.17, 15) is 4.79 Å². The fourth-order valence-corrected chi connectivity index (χ4v) is 2.65. The largest absolute Gasteiger partial charge is 0.428 e. The van der Waals surface area contributed by atoms with Crippen molar-refractivity contribution < 1.29 is 0 Å². The highest BCUT2D eigenvalue weighted by Crippen LogP contribution is 2.28. The number of hydrogen-bond donors (Lipinski definition) is 3. The molecule has 94 valence electrons. The SMILES string of the molecule is N#[N+]c1[nH]c2c(=O)[nH]c(N)nc2c1Cc1ccsc1. The molecule has 0 atom stereocenters. The van der Waals surface area contributed by atoms with Crippen molar-refractivity contribution in [3.63, 3.8) is 0 Å². The number of aromatic amines is 2. The lowest BCUT2D eigenvalue weighted by Gasteiger charge is -1.94. The van der Waals surface area contributed by atoms with Crippen LogP contribution in [-0.2, 0) is 6.42 Å². The average Bonchev–Trinajstić information content (AvgIpc) is 2.99. The number of thiophene rings is 1. The van der Waals surface area contributed by atoms with E-state index in [0.717, 1.165) is 5.56 Å². The van der Waals surface area contributed by atoms with Gasteiger partial charge in [-0.2, -0.15) is 11.3 Å². The van der Waals surface area contributed by atoms with E-state index in [4.69, 9.17) is 11.1 Å². The molecular formula is C11H9N6OS+. The molecule has 4 N–H and O–H groups in total. The van der Waals surface area contributed by atoms with Crippen LogP contribution in [0.15, 0.2) is 21.6 Å². The molecule has 3 heterocycles. The molecule has 0 saturated carbocycles. The number of H-pyrrole nitrogens is 2. The highest BCUT2D eigenvalue weighted by molar-refractivity contribution is 7.07. The molecule has 0 unspecified atom stereocenters. The summed E-state index contributed by atoms with van der Waals surface area (Å²) in [5, 5.41) is 13.0. The summed E-state index contributed by atoms with van der Waals surface area (Å²) in [7, 11) is 0. The Morgan fingerprint density at radius 3 is 3.00 bits per heavy atom. The summed E-state index contributed by atoms with van der Waals surface area (Å²) in [6.07, 6.45) is 0.513. The number of aromatic nitrogens is 3. The molecule has 8 heteroatoms. The van der Waals surface area contributed by atoms with Crippen molar-refractivity contribution in [2.75, 3.05) is 5.73 Å². The van der Waals surface area contributed by atoms with E-state index in [1.165, 1.54) is 0 Å². The van der Waals surface area contributed by atoms with Gasteiger partial charge in [0.2, 0.25) is 11.5 Å². The van der Waals surface area contributed by atoms with E-state index >= 15 is 0 Å². The topological polar surface area (TPSA) is 116 Å². The Balaban J connectivity index is 2.27. The van der Waals surface area contributed by atoms with Gasteiger partial charge < -0.3 is 5.73 Å². The second-order valence-electron chi connectivity index (χ2n) is 4.04. The van der Waals surface area contributed by atoms with E-state index < -0.39 is 0 Å². The van der Waals surface area contributed by atoms with Gasteiger partial charge >= 0.3 is 5.82 Å². The molecule has 3 aromatic rings. The summed E-state index contributed by atoms with van der Waals surface area (Å²) in [6, 6.07) is 1.96. The van der Waals surface area contributed by atoms with Crippen LogP contribution in [0.1, 0.15) is 11.1 Å². The minimum Gasteiger partial charge on any atom is -0.369 e.